The highest BCUT2D eigenvalue weighted by atomic mass is 32.2. The summed E-state index contributed by atoms with van der Waals surface area (Å²) in [5, 5.41) is 0. The summed E-state index contributed by atoms with van der Waals surface area (Å²) in [5.41, 5.74) is 0.389. The van der Waals surface area contributed by atoms with Gasteiger partial charge in [0.1, 0.15) is 0 Å². The van der Waals surface area contributed by atoms with Crippen LogP contribution in [0.1, 0.15) is 33.3 Å². The molecular formula is C17H23F2N3OS. The Bertz CT molecular complexity index is 659. The van der Waals surface area contributed by atoms with Crippen molar-refractivity contribution in [3.8, 4) is 0 Å². The molecule has 1 atom stereocenters. The van der Waals surface area contributed by atoms with Crippen LogP contribution < -0.4 is 0 Å². The summed E-state index contributed by atoms with van der Waals surface area (Å²) in [7, 11) is 0.722. The third kappa shape index (κ3) is 7.12. The van der Waals surface area contributed by atoms with E-state index in [4.69, 9.17) is 0 Å². The second kappa shape index (κ2) is 8.82. The van der Waals surface area contributed by atoms with Crippen LogP contribution in [0.4, 0.5) is 8.78 Å². The molecule has 0 N–H and O–H groups in total. The van der Waals surface area contributed by atoms with Crippen LogP contribution in [-0.2, 0) is 10.8 Å². The van der Waals surface area contributed by atoms with Gasteiger partial charge in [-0.15, -0.1) is 0 Å². The van der Waals surface area contributed by atoms with Crippen molar-refractivity contribution in [3.05, 3.63) is 46.8 Å². The lowest BCUT2D eigenvalue weighted by molar-refractivity contribution is 0.512. The standard InChI is InChI=1S/C17H23F2N3OS/c1-13(24(23)17(2,3)4)11-22(5)12-20-8-6-7-14-9-15(18)21-16(19)10-14/h6-7,9-12H,8H2,1-5H3/b7-6+,13-11+,20-12?. The van der Waals surface area contributed by atoms with Crippen molar-refractivity contribution in [2.45, 2.75) is 32.4 Å². The van der Waals surface area contributed by atoms with E-state index < -0.39 is 22.7 Å². The molecule has 1 unspecified atom stereocenters. The SMILES string of the molecule is C/C(=C\N(C)C=NC/C=C/c1cc(F)nc(F)c1)S(=O)C(C)(C)C. The molecule has 24 heavy (non-hydrogen) atoms. The maximum atomic E-state index is 12.9. The van der Waals surface area contributed by atoms with Gasteiger partial charge in [-0.2, -0.15) is 13.8 Å². The minimum atomic E-state index is -1.07. The third-order valence-corrected chi connectivity index (χ3v) is 4.61. The molecule has 0 radical (unpaired) electrons. The minimum absolute atomic E-state index is 0.309. The normalized spacial score (nSPS) is 14.5. The van der Waals surface area contributed by atoms with Gasteiger partial charge in [0.15, 0.2) is 0 Å². The fourth-order valence-corrected chi connectivity index (χ4v) is 3.08. The first-order valence-electron chi connectivity index (χ1n) is 7.41. The van der Waals surface area contributed by atoms with Gasteiger partial charge in [0.05, 0.1) is 23.7 Å². The van der Waals surface area contributed by atoms with Crippen LogP contribution in [0.5, 0.6) is 0 Å². The molecule has 7 heteroatoms. The molecule has 4 nitrogen and oxygen atoms in total. The number of aliphatic imine (C=N–C) groups is 1. The number of nitrogens with zero attached hydrogens (tertiary/aromatic N) is 3. The van der Waals surface area contributed by atoms with Gasteiger partial charge in [-0.25, -0.2) is 0 Å². The van der Waals surface area contributed by atoms with Crippen LogP contribution in [0, 0.1) is 11.9 Å². The highest BCUT2D eigenvalue weighted by Gasteiger charge is 2.20. The summed E-state index contributed by atoms with van der Waals surface area (Å²) < 4.78 is 37.7. The molecule has 0 bridgehead atoms. The second-order valence-corrected chi connectivity index (χ2v) is 8.62. The van der Waals surface area contributed by atoms with E-state index in [2.05, 4.69) is 9.98 Å². The van der Waals surface area contributed by atoms with Crippen molar-refractivity contribution in [2.75, 3.05) is 13.6 Å². The van der Waals surface area contributed by atoms with Crippen LogP contribution in [-0.4, -0.2) is 38.8 Å². The number of allylic oxidation sites excluding steroid dienone is 1. The summed E-state index contributed by atoms with van der Waals surface area (Å²) in [6.07, 6.45) is 6.62. The van der Waals surface area contributed by atoms with Crippen molar-refractivity contribution >= 4 is 23.2 Å². The Labute approximate surface area is 144 Å². The molecule has 1 aromatic rings. The average molecular weight is 355 g/mol. The Balaban J connectivity index is 2.58. The number of pyridine rings is 1. The van der Waals surface area contributed by atoms with E-state index in [1.165, 1.54) is 0 Å². The molecule has 0 saturated heterocycles. The summed E-state index contributed by atoms with van der Waals surface area (Å²) in [4.78, 5) is 9.68. The molecular weight excluding hydrogens is 332 g/mol. The maximum absolute atomic E-state index is 12.9. The molecule has 0 aliphatic carbocycles. The zero-order valence-electron chi connectivity index (χ0n) is 14.6. The fraction of sp³-hybridized carbons (Fsp3) is 0.412. The monoisotopic (exact) mass is 355 g/mol. The molecule has 132 valence electrons. The Morgan fingerprint density at radius 3 is 2.46 bits per heavy atom. The van der Waals surface area contributed by atoms with Crippen LogP contribution in [0.15, 0.2) is 34.3 Å². The zero-order valence-corrected chi connectivity index (χ0v) is 15.4. The van der Waals surface area contributed by atoms with Crippen molar-refractivity contribution in [1.29, 1.82) is 0 Å². The van der Waals surface area contributed by atoms with E-state index in [1.807, 2.05) is 27.7 Å². The van der Waals surface area contributed by atoms with Gasteiger partial charge in [-0.3, -0.25) is 9.20 Å². The number of rotatable bonds is 6. The van der Waals surface area contributed by atoms with E-state index in [0.717, 1.165) is 17.0 Å². The van der Waals surface area contributed by atoms with Crippen LogP contribution in [0.2, 0.25) is 0 Å². The van der Waals surface area contributed by atoms with E-state index in [9.17, 15) is 13.0 Å². The number of hydrogen-bond donors (Lipinski definition) is 0. The number of halogens is 2. The predicted molar refractivity (Wildman–Crippen MR) is 96.0 cm³/mol. The molecule has 0 fully saturated rings. The van der Waals surface area contributed by atoms with Crippen LogP contribution in [0.25, 0.3) is 6.08 Å². The van der Waals surface area contributed by atoms with Crippen molar-refractivity contribution < 1.29 is 13.0 Å². The molecule has 0 spiro atoms. The first-order chi connectivity index (χ1) is 11.1. The lowest BCUT2D eigenvalue weighted by Crippen LogP contribution is -2.23. The van der Waals surface area contributed by atoms with Crippen LogP contribution >= 0.6 is 0 Å². The lowest BCUT2D eigenvalue weighted by atomic mass is 10.2. The smallest absolute Gasteiger partial charge is 0.216 e. The minimum Gasteiger partial charge on any atom is -0.342 e. The predicted octanol–water partition coefficient (Wildman–Crippen LogP) is 3.74. The van der Waals surface area contributed by atoms with Gasteiger partial charge < -0.3 is 4.90 Å². The van der Waals surface area contributed by atoms with Crippen molar-refractivity contribution in [2.24, 2.45) is 4.99 Å². The van der Waals surface area contributed by atoms with Gasteiger partial charge in [0, 0.05) is 35.0 Å². The third-order valence-electron chi connectivity index (χ3n) is 2.80. The summed E-state index contributed by atoms with van der Waals surface area (Å²) >= 11 is 0. The highest BCUT2D eigenvalue weighted by Crippen LogP contribution is 2.18. The Morgan fingerprint density at radius 2 is 1.92 bits per heavy atom. The van der Waals surface area contributed by atoms with Gasteiger partial charge in [0.25, 0.3) is 0 Å². The van der Waals surface area contributed by atoms with Gasteiger partial charge in [0.2, 0.25) is 11.9 Å². The summed E-state index contributed by atoms with van der Waals surface area (Å²) in [5.74, 6) is -1.71. The van der Waals surface area contributed by atoms with E-state index in [1.54, 1.807) is 36.6 Å². The van der Waals surface area contributed by atoms with Crippen molar-refractivity contribution in [1.82, 2.24) is 9.88 Å². The highest BCUT2D eigenvalue weighted by molar-refractivity contribution is 7.90. The molecule has 1 aromatic heterocycles. The first-order valence-corrected chi connectivity index (χ1v) is 8.56. The van der Waals surface area contributed by atoms with Crippen LogP contribution in [0.3, 0.4) is 0 Å². The number of hydrogen-bond acceptors (Lipinski definition) is 3. The Kier molecular flexibility index (Phi) is 7.41. The fourth-order valence-electron chi connectivity index (χ4n) is 1.86. The molecule has 0 aliphatic rings. The molecule has 0 aromatic carbocycles. The average Bonchev–Trinajstić information content (AvgIpc) is 2.43. The molecule has 0 saturated carbocycles. The number of aromatic nitrogens is 1. The molecule has 1 heterocycles. The quantitative estimate of drug-likeness (QED) is 0.444. The van der Waals surface area contributed by atoms with Crippen molar-refractivity contribution in [3.63, 3.8) is 0 Å². The Hall–Kier alpha value is -1.89. The zero-order chi connectivity index (χ0) is 18.3. The lowest BCUT2D eigenvalue weighted by Gasteiger charge is -2.19. The topological polar surface area (TPSA) is 45.6 Å². The Morgan fingerprint density at radius 1 is 1.33 bits per heavy atom. The van der Waals surface area contributed by atoms with Gasteiger partial charge >= 0.3 is 0 Å². The summed E-state index contributed by atoms with van der Waals surface area (Å²) in [6.45, 7) is 7.93. The molecule has 0 amide bonds. The molecule has 1 rings (SSSR count). The first kappa shape index (κ1) is 20.2. The van der Waals surface area contributed by atoms with E-state index in [-0.39, 0.29) is 4.75 Å². The van der Waals surface area contributed by atoms with E-state index in [0.29, 0.717) is 12.1 Å². The largest absolute Gasteiger partial charge is 0.342 e. The van der Waals surface area contributed by atoms with Gasteiger partial charge in [-0.1, -0.05) is 12.2 Å². The molecule has 0 aliphatic heterocycles. The van der Waals surface area contributed by atoms with E-state index >= 15 is 0 Å². The maximum Gasteiger partial charge on any atom is 0.216 e. The summed E-state index contributed by atoms with van der Waals surface area (Å²) in [6, 6.07) is 2.28. The second-order valence-electron chi connectivity index (χ2n) is 6.22. The van der Waals surface area contributed by atoms with Gasteiger partial charge in [-0.05, 0) is 33.3 Å².